The van der Waals surface area contributed by atoms with Crippen LogP contribution in [0.4, 0.5) is 0 Å². The van der Waals surface area contributed by atoms with Crippen LogP contribution in [0.25, 0.3) is 134 Å². The Morgan fingerprint density at radius 2 is 0.800 bits per heavy atom. The lowest BCUT2D eigenvalue weighted by atomic mass is 9.90. The SMILES string of the molecule is CC1C=Cc2oc3c(-c4cc(-c5ccc(-c6ccccc6)cc5)c(-n5c6ccc(-c7ccccc7)cc6c6cc(-c7ccccc7)ccc65)c(-c5ccc(-c6ccccc6)cc5)c4)nc(-c4ccccc4)nc3c2C1. The van der Waals surface area contributed by atoms with Crippen LogP contribution in [-0.4, -0.2) is 14.5 Å². The van der Waals surface area contributed by atoms with E-state index in [-0.39, 0.29) is 0 Å². The van der Waals surface area contributed by atoms with Gasteiger partial charge in [0, 0.05) is 38.6 Å². The predicted octanol–water partition coefficient (Wildman–Crippen LogP) is 18.9. The number of nitrogens with zero attached hydrogens (tertiary/aromatic N) is 3. The third kappa shape index (κ3) is 7.96. The van der Waals surface area contributed by atoms with Gasteiger partial charge >= 0.3 is 0 Å². The monoisotopic (exact) mass is 959 g/mol. The number of hydrogen-bond acceptors (Lipinski definition) is 3. The van der Waals surface area contributed by atoms with Gasteiger partial charge in [-0.05, 0) is 110 Å². The van der Waals surface area contributed by atoms with Crippen LogP contribution in [-0.2, 0) is 6.42 Å². The predicted molar refractivity (Wildman–Crippen MR) is 312 cm³/mol. The summed E-state index contributed by atoms with van der Waals surface area (Å²) in [6.45, 7) is 2.25. The summed E-state index contributed by atoms with van der Waals surface area (Å²) in [6, 6.07) is 89.8. The van der Waals surface area contributed by atoms with E-state index in [9.17, 15) is 0 Å². The Kier molecular flexibility index (Phi) is 10.8. The number of fused-ring (bicyclic) bond motifs is 6. The lowest BCUT2D eigenvalue weighted by Crippen LogP contribution is -2.03. The van der Waals surface area contributed by atoms with Gasteiger partial charge in [-0.1, -0.05) is 225 Å². The molecule has 4 nitrogen and oxygen atoms in total. The lowest BCUT2D eigenvalue weighted by molar-refractivity contribution is 0.584. The van der Waals surface area contributed by atoms with Gasteiger partial charge in [0.15, 0.2) is 11.4 Å². The van der Waals surface area contributed by atoms with E-state index in [0.717, 1.165) is 90.2 Å². The smallest absolute Gasteiger partial charge is 0.179 e. The van der Waals surface area contributed by atoms with Crippen molar-refractivity contribution in [3.63, 3.8) is 0 Å². The van der Waals surface area contributed by atoms with Gasteiger partial charge in [0.2, 0.25) is 0 Å². The van der Waals surface area contributed by atoms with Crippen LogP contribution in [0.5, 0.6) is 0 Å². The summed E-state index contributed by atoms with van der Waals surface area (Å²) >= 11 is 0. The van der Waals surface area contributed by atoms with Crippen molar-refractivity contribution in [2.45, 2.75) is 13.3 Å². The highest BCUT2D eigenvalue weighted by Crippen LogP contribution is 2.47. The van der Waals surface area contributed by atoms with Gasteiger partial charge in [0.05, 0.1) is 16.7 Å². The minimum atomic E-state index is 0.353. The molecule has 1 unspecified atom stereocenters. The first kappa shape index (κ1) is 44.1. The molecule has 3 aromatic heterocycles. The van der Waals surface area contributed by atoms with Crippen LogP contribution < -0.4 is 0 Å². The van der Waals surface area contributed by atoms with E-state index in [0.29, 0.717) is 17.3 Å². The third-order valence-corrected chi connectivity index (χ3v) is 15.0. The summed E-state index contributed by atoms with van der Waals surface area (Å²) in [5.74, 6) is 1.87. The van der Waals surface area contributed by atoms with E-state index < -0.39 is 0 Å². The van der Waals surface area contributed by atoms with Crippen LogP contribution >= 0.6 is 0 Å². The van der Waals surface area contributed by atoms with Crippen LogP contribution in [0.3, 0.4) is 0 Å². The molecule has 13 aromatic rings. The summed E-state index contributed by atoms with van der Waals surface area (Å²) < 4.78 is 9.45. The van der Waals surface area contributed by atoms with Crippen molar-refractivity contribution in [1.82, 2.24) is 14.5 Å². The molecule has 3 heterocycles. The average molecular weight is 960 g/mol. The summed E-state index contributed by atoms with van der Waals surface area (Å²) in [4.78, 5) is 10.8. The molecule has 0 spiro atoms. The van der Waals surface area contributed by atoms with Crippen molar-refractivity contribution in [3.8, 4) is 95.1 Å². The number of hydrogen-bond donors (Lipinski definition) is 0. The van der Waals surface area contributed by atoms with Crippen molar-refractivity contribution >= 4 is 39.0 Å². The highest BCUT2D eigenvalue weighted by Gasteiger charge is 2.27. The zero-order chi connectivity index (χ0) is 49.8. The van der Waals surface area contributed by atoms with Crippen molar-refractivity contribution in [3.05, 3.63) is 266 Å². The molecule has 0 radical (unpaired) electrons. The standard InChI is InChI=1S/C71H49N3O/c1-46-27-40-66-63(41-46)68-70(75-66)67(72-71(73-68)55-25-15-6-16-26-55)58-44-59(53-32-28-51(29-33-53)47-17-7-2-8-18-47)69(60(45-58)54-34-30-52(31-35-54)48-19-9-3-10-20-48)74-64-38-36-56(49-21-11-4-12-22-49)42-61(64)62-43-57(37-39-65(62)74)50-23-13-5-14-24-50/h2-40,42-46H,41H2,1H3. The van der Waals surface area contributed by atoms with E-state index in [2.05, 4.69) is 266 Å². The maximum absolute atomic E-state index is 6.93. The Labute approximate surface area is 436 Å². The van der Waals surface area contributed by atoms with Crippen LogP contribution in [0.1, 0.15) is 18.2 Å². The summed E-state index contributed by atoms with van der Waals surface area (Å²) in [5.41, 5.74) is 22.3. The van der Waals surface area contributed by atoms with E-state index in [4.69, 9.17) is 14.4 Å². The lowest BCUT2D eigenvalue weighted by Gasteiger charge is -2.22. The molecule has 1 aliphatic rings. The minimum absolute atomic E-state index is 0.353. The molecule has 0 saturated carbocycles. The molecule has 1 aliphatic carbocycles. The molecule has 4 heteroatoms. The second kappa shape index (κ2) is 18.4. The molecular formula is C71H49N3O. The van der Waals surface area contributed by atoms with Crippen molar-refractivity contribution in [2.75, 3.05) is 0 Å². The second-order valence-corrected chi connectivity index (χ2v) is 19.8. The quantitative estimate of drug-likeness (QED) is 0.145. The minimum Gasteiger partial charge on any atom is -0.452 e. The van der Waals surface area contributed by atoms with Crippen molar-refractivity contribution in [2.24, 2.45) is 5.92 Å². The maximum Gasteiger partial charge on any atom is 0.179 e. The Balaban J connectivity index is 1.10. The zero-order valence-electron chi connectivity index (χ0n) is 41.4. The molecule has 0 N–H and O–H groups in total. The number of benzene rings is 10. The van der Waals surface area contributed by atoms with Crippen LogP contribution in [0.2, 0.25) is 0 Å². The molecule has 14 rings (SSSR count). The molecule has 354 valence electrons. The summed E-state index contributed by atoms with van der Waals surface area (Å²) in [5, 5.41) is 2.36. The van der Waals surface area contributed by atoms with E-state index in [1.165, 1.54) is 44.2 Å². The maximum atomic E-state index is 6.93. The topological polar surface area (TPSA) is 43.9 Å². The molecule has 0 fully saturated rings. The van der Waals surface area contributed by atoms with Gasteiger partial charge in [-0.25, -0.2) is 9.97 Å². The van der Waals surface area contributed by atoms with Crippen LogP contribution in [0, 0.1) is 5.92 Å². The fraction of sp³-hybridized carbons (Fsp3) is 0.0423. The third-order valence-electron chi connectivity index (χ3n) is 15.0. The van der Waals surface area contributed by atoms with E-state index in [1.54, 1.807) is 0 Å². The highest BCUT2D eigenvalue weighted by molar-refractivity contribution is 6.13. The fourth-order valence-electron chi connectivity index (χ4n) is 11.2. The number of rotatable bonds is 9. The highest BCUT2D eigenvalue weighted by atomic mass is 16.3. The van der Waals surface area contributed by atoms with Gasteiger partial charge in [-0.3, -0.25) is 0 Å². The zero-order valence-corrected chi connectivity index (χ0v) is 41.4. The molecule has 0 bridgehead atoms. The number of allylic oxidation sites excluding steroid dienone is 1. The largest absolute Gasteiger partial charge is 0.452 e. The van der Waals surface area contributed by atoms with Crippen molar-refractivity contribution < 1.29 is 4.42 Å². The van der Waals surface area contributed by atoms with E-state index >= 15 is 0 Å². The Morgan fingerprint density at radius 3 is 1.27 bits per heavy atom. The van der Waals surface area contributed by atoms with Gasteiger partial charge in [-0.2, -0.15) is 0 Å². The summed E-state index contributed by atoms with van der Waals surface area (Å²) in [7, 11) is 0. The molecule has 0 aliphatic heterocycles. The van der Waals surface area contributed by atoms with Crippen LogP contribution in [0.15, 0.2) is 259 Å². The molecule has 10 aromatic carbocycles. The first-order chi connectivity index (χ1) is 37.1. The normalized spacial score (nSPS) is 13.2. The Bertz CT molecular complexity index is 4070. The fourth-order valence-corrected chi connectivity index (χ4v) is 11.2. The number of furan rings is 1. The molecule has 0 saturated heterocycles. The average Bonchev–Trinajstić information content (AvgIpc) is 4.02. The Morgan fingerprint density at radius 1 is 0.400 bits per heavy atom. The Hall–Kier alpha value is -9.64. The number of aromatic nitrogens is 3. The van der Waals surface area contributed by atoms with E-state index in [1.807, 2.05) is 6.07 Å². The van der Waals surface area contributed by atoms with Crippen molar-refractivity contribution in [1.29, 1.82) is 0 Å². The van der Waals surface area contributed by atoms with Gasteiger partial charge in [0.25, 0.3) is 0 Å². The molecule has 0 amide bonds. The molecule has 75 heavy (non-hydrogen) atoms. The first-order valence-electron chi connectivity index (χ1n) is 25.8. The molecule has 1 atom stereocenters. The van der Waals surface area contributed by atoms with Gasteiger partial charge in [-0.15, -0.1) is 0 Å². The summed E-state index contributed by atoms with van der Waals surface area (Å²) in [6.07, 6.45) is 5.19. The first-order valence-corrected chi connectivity index (χ1v) is 25.8. The second-order valence-electron chi connectivity index (χ2n) is 19.8. The van der Waals surface area contributed by atoms with Gasteiger partial charge in [0.1, 0.15) is 17.0 Å². The van der Waals surface area contributed by atoms with Gasteiger partial charge < -0.3 is 8.98 Å². The molecular weight excluding hydrogens is 911 g/mol.